The summed E-state index contributed by atoms with van der Waals surface area (Å²) in [5.74, 6) is -0.822. The average molecular weight is 255 g/mol. The molecule has 1 aliphatic heterocycles. The molecule has 1 aliphatic rings. The smallest absolute Gasteiger partial charge is 0.323 e. The fraction of sp³-hybridized carbons (Fsp3) is 0.417. The normalized spacial score (nSPS) is 14.8. The lowest BCUT2D eigenvalue weighted by molar-refractivity contribution is -0.135. The van der Waals surface area contributed by atoms with E-state index in [4.69, 9.17) is 16.7 Å². The lowest BCUT2D eigenvalue weighted by Crippen LogP contribution is -2.30. The maximum atomic E-state index is 10.9. The van der Waals surface area contributed by atoms with Crippen LogP contribution in [-0.2, 0) is 4.79 Å². The first-order valence-corrected chi connectivity index (χ1v) is 5.97. The molecule has 0 unspecified atom stereocenters. The van der Waals surface area contributed by atoms with E-state index >= 15 is 0 Å². The molecule has 0 radical (unpaired) electrons. The second-order valence-electron chi connectivity index (χ2n) is 4.16. The number of benzene rings is 1. The van der Waals surface area contributed by atoms with Crippen molar-refractivity contribution in [1.29, 1.82) is 0 Å². The van der Waals surface area contributed by atoms with Crippen LogP contribution in [0.25, 0.3) is 0 Å². The number of nitrogens with zero attached hydrogens (tertiary/aromatic N) is 1. The van der Waals surface area contributed by atoms with Gasteiger partial charge < -0.3 is 15.3 Å². The number of hydrogen-bond acceptors (Lipinski definition) is 3. The van der Waals surface area contributed by atoms with Crippen LogP contribution in [0.2, 0.25) is 5.02 Å². The van der Waals surface area contributed by atoms with E-state index in [0.717, 1.165) is 36.4 Å². The van der Waals surface area contributed by atoms with Crippen molar-refractivity contribution in [1.82, 2.24) is 0 Å². The molecule has 4 nitrogen and oxygen atoms in total. The third-order valence-corrected chi connectivity index (χ3v) is 3.34. The molecule has 2 rings (SSSR count). The maximum absolute atomic E-state index is 10.9. The lowest BCUT2D eigenvalue weighted by atomic mass is 10.1. The van der Waals surface area contributed by atoms with E-state index in [0.29, 0.717) is 5.02 Å². The Morgan fingerprint density at radius 1 is 1.59 bits per heavy atom. The van der Waals surface area contributed by atoms with Gasteiger partial charge in [-0.05, 0) is 31.0 Å². The minimum Gasteiger partial charge on any atom is -0.480 e. The van der Waals surface area contributed by atoms with E-state index in [1.807, 2.05) is 24.0 Å². The second kappa shape index (κ2) is 4.84. The van der Waals surface area contributed by atoms with Crippen LogP contribution in [0.15, 0.2) is 12.1 Å². The molecule has 2 N–H and O–H groups in total. The number of aliphatic carboxylic acids is 1. The summed E-state index contributed by atoms with van der Waals surface area (Å²) in [5, 5.41) is 12.9. The fourth-order valence-corrected chi connectivity index (χ4v) is 2.30. The first-order valence-electron chi connectivity index (χ1n) is 5.59. The molecule has 0 aromatic heterocycles. The molecule has 0 bridgehead atoms. The number of anilines is 2. The minimum absolute atomic E-state index is 0.00978. The molecule has 0 spiro atoms. The van der Waals surface area contributed by atoms with Gasteiger partial charge in [-0.25, -0.2) is 0 Å². The van der Waals surface area contributed by atoms with E-state index in [1.165, 1.54) is 0 Å². The number of carboxylic acid groups (broad SMARTS) is 1. The third kappa shape index (κ3) is 2.47. The van der Waals surface area contributed by atoms with Gasteiger partial charge in [0.1, 0.15) is 6.54 Å². The molecule has 0 saturated carbocycles. The highest BCUT2D eigenvalue weighted by atomic mass is 35.5. The Hall–Kier alpha value is -1.42. The largest absolute Gasteiger partial charge is 0.480 e. The summed E-state index contributed by atoms with van der Waals surface area (Å²) in [6.07, 6.45) is 0.916. The highest BCUT2D eigenvalue weighted by Gasteiger charge is 2.20. The summed E-state index contributed by atoms with van der Waals surface area (Å²) in [5.41, 5.74) is 2.81. The number of rotatable bonds is 2. The molecule has 0 fully saturated rings. The number of carboxylic acids is 1. The average Bonchev–Trinajstić information content (AvgIpc) is 2.46. The monoisotopic (exact) mass is 254 g/mol. The van der Waals surface area contributed by atoms with Crippen molar-refractivity contribution in [3.8, 4) is 0 Å². The van der Waals surface area contributed by atoms with Gasteiger partial charge >= 0.3 is 5.97 Å². The topological polar surface area (TPSA) is 52.6 Å². The van der Waals surface area contributed by atoms with Gasteiger partial charge in [0.2, 0.25) is 0 Å². The zero-order valence-corrected chi connectivity index (χ0v) is 10.4. The van der Waals surface area contributed by atoms with Crippen molar-refractivity contribution in [3.63, 3.8) is 0 Å². The van der Waals surface area contributed by atoms with Crippen molar-refractivity contribution in [3.05, 3.63) is 22.7 Å². The van der Waals surface area contributed by atoms with Crippen LogP contribution >= 0.6 is 11.6 Å². The molecule has 0 amide bonds. The summed E-state index contributed by atoms with van der Waals surface area (Å²) < 4.78 is 0. The number of halogens is 1. The van der Waals surface area contributed by atoms with E-state index < -0.39 is 5.97 Å². The highest BCUT2D eigenvalue weighted by molar-refractivity contribution is 6.32. The van der Waals surface area contributed by atoms with Crippen LogP contribution in [0, 0.1) is 6.92 Å². The third-order valence-electron chi connectivity index (χ3n) is 2.93. The van der Waals surface area contributed by atoms with Gasteiger partial charge in [-0.3, -0.25) is 4.79 Å². The second-order valence-corrected chi connectivity index (χ2v) is 4.57. The van der Waals surface area contributed by atoms with Gasteiger partial charge in [0.05, 0.1) is 11.4 Å². The van der Waals surface area contributed by atoms with Crippen LogP contribution in [0.3, 0.4) is 0 Å². The molecule has 1 aromatic rings. The summed E-state index contributed by atoms with van der Waals surface area (Å²) in [6, 6.07) is 3.75. The van der Waals surface area contributed by atoms with Gasteiger partial charge in [0, 0.05) is 18.1 Å². The van der Waals surface area contributed by atoms with Gasteiger partial charge in [-0.1, -0.05) is 11.6 Å². The standard InChI is InChI=1S/C12H15ClN2O2/c1-8-9(13)3-4-10-12(8)15(7-11(16)17)6-2-5-14-10/h3-4,14H,2,5-7H2,1H3,(H,16,17). The summed E-state index contributed by atoms with van der Waals surface area (Å²) in [4.78, 5) is 12.8. The van der Waals surface area contributed by atoms with Crippen molar-refractivity contribution < 1.29 is 9.90 Å². The first kappa shape index (κ1) is 12.0. The Balaban J connectivity index is 2.45. The van der Waals surface area contributed by atoms with Crippen molar-refractivity contribution in [2.75, 3.05) is 29.9 Å². The van der Waals surface area contributed by atoms with Crippen molar-refractivity contribution in [2.45, 2.75) is 13.3 Å². The number of carbonyl (C=O) groups is 1. The molecule has 0 atom stereocenters. The number of hydrogen-bond donors (Lipinski definition) is 2. The Kier molecular flexibility index (Phi) is 3.43. The Morgan fingerprint density at radius 2 is 2.35 bits per heavy atom. The zero-order valence-electron chi connectivity index (χ0n) is 9.66. The van der Waals surface area contributed by atoms with Gasteiger partial charge in [-0.2, -0.15) is 0 Å². The quantitative estimate of drug-likeness (QED) is 0.851. The number of nitrogens with one attached hydrogen (secondary N) is 1. The van der Waals surface area contributed by atoms with Crippen LogP contribution in [0.4, 0.5) is 11.4 Å². The summed E-state index contributed by atoms with van der Waals surface area (Å²) >= 11 is 6.10. The van der Waals surface area contributed by atoms with Crippen molar-refractivity contribution >= 4 is 28.9 Å². The molecule has 1 aromatic carbocycles. The molecule has 0 aliphatic carbocycles. The van der Waals surface area contributed by atoms with Crippen LogP contribution in [-0.4, -0.2) is 30.7 Å². The van der Waals surface area contributed by atoms with E-state index in [-0.39, 0.29) is 6.54 Å². The molecule has 5 heteroatoms. The molecule has 0 saturated heterocycles. The van der Waals surface area contributed by atoms with E-state index in [2.05, 4.69) is 5.32 Å². The van der Waals surface area contributed by atoms with Crippen LogP contribution in [0.5, 0.6) is 0 Å². The predicted molar refractivity (Wildman–Crippen MR) is 69.1 cm³/mol. The van der Waals surface area contributed by atoms with Crippen LogP contribution < -0.4 is 10.2 Å². The number of fused-ring (bicyclic) bond motifs is 1. The van der Waals surface area contributed by atoms with Crippen LogP contribution in [0.1, 0.15) is 12.0 Å². The molecule has 92 valence electrons. The summed E-state index contributed by atoms with van der Waals surface area (Å²) in [7, 11) is 0. The van der Waals surface area contributed by atoms with Gasteiger partial charge in [0.25, 0.3) is 0 Å². The highest BCUT2D eigenvalue weighted by Crippen LogP contribution is 2.35. The molecule has 1 heterocycles. The van der Waals surface area contributed by atoms with Crippen molar-refractivity contribution in [2.24, 2.45) is 0 Å². The zero-order chi connectivity index (χ0) is 12.4. The molecule has 17 heavy (non-hydrogen) atoms. The lowest BCUT2D eigenvalue weighted by Gasteiger charge is -2.24. The first-order chi connectivity index (χ1) is 8.09. The Morgan fingerprint density at radius 3 is 3.06 bits per heavy atom. The maximum Gasteiger partial charge on any atom is 0.323 e. The Bertz CT molecular complexity index is 448. The minimum atomic E-state index is -0.822. The summed E-state index contributed by atoms with van der Waals surface area (Å²) in [6.45, 7) is 3.51. The fourth-order valence-electron chi connectivity index (χ4n) is 2.15. The van der Waals surface area contributed by atoms with Gasteiger partial charge in [-0.15, -0.1) is 0 Å². The molecular weight excluding hydrogens is 240 g/mol. The van der Waals surface area contributed by atoms with E-state index in [9.17, 15) is 4.79 Å². The SMILES string of the molecule is Cc1c(Cl)ccc2c1N(CC(=O)O)CCCN2. The Labute approximate surface area is 105 Å². The van der Waals surface area contributed by atoms with Gasteiger partial charge in [0.15, 0.2) is 0 Å². The van der Waals surface area contributed by atoms with E-state index in [1.54, 1.807) is 0 Å². The predicted octanol–water partition coefficient (Wildman–Crippen LogP) is 2.36. The molecular formula is C12H15ClN2O2.